The number of unbranched alkanes of at least 4 members (excludes halogenated alkanes) is 2. The minimum absolute atomic E-state index is 0. The summed E-state index contributed by atoms with van der Waals surface area (Å²) < 4.78 is 0. The number of benzene rings is 1. The van der Waals surface area contributed by atoms with Gasteiger partial charge in [0.05, 0.1) is 18.1 Å². The summed E-state index contributed by atoms with van der Waals surface area (Å²) in [4.78, 5) is 13.6. The second kappa shape index (κ2) is 11.7. The van der Waals surface area contributed by atoms with Gasteiger partial charge in [0.1, 0.15) is 0 Å². The van der Waals surface area contributed by atoms with Crippen molar-refractivity contribution in [1.29, 1.82) is 0 Å². The molecule has 0 saturated heterocycles. The largest absolute Gasteiger partial charge is 0.395 e. The first-order valence-electron chi connectivity index (χ1n) is 9.68. The van der Waals surface area contributed by atoms with Crippen molar-refractivity contribution in [2.75, 3.05) is 13.2 Å². The number of carbonyl (C=O) groups is 1. The number of aliphatic hydroxyl groups is 1. The maximum atomic E-state index is 13.6. The van der Waals surface area contributed by atoms with Gasteiger partial charge in [-0.25, -0.2) is 0 Å². The predicted molar refractivity (Wildman–Crippen MR) is 106 cm³/mol. The summed E-state index contributed by atoms with van der Waals surface area (Å²) in [6.07, 6.45) is 9.66. The Bertz CT molecular complexity index is 486. The van der Waals surface area contributed by atoms with Crippen LogP contribution in [0.15, 0.2) is 30.3 Å². The van der Waals surface area contributed by atoms with E-state index in [1.165, 1.54) is 12.0 Å². The molecule has 1 aromatic rings. The molecule has 142 valence electrons. The molecular formula is C21H34ClNO2. The number of hydrogen-bond acceptors (Lipinski definition) is 3. The molecule has 25 heavy (non-hydrogen) atoms. The fourth-order valence-corrected chi connectivity index (χ4v) is 4.09. The van der Waals surface area contributed by atoms with Gasteiger partial charge in [0.25, 0.3) is 0 Å². The highest BCUT2D eigenvalue weighted by molar-refractivity contribution is 5.94. The van der Waals surface area contributed by atoms with Crippen LogP contribution in [-0.2, 0) is 10.2 Å². The Morgan fingerprint density at radius 3 is 2.44 bits per heavy atom. The zero-order chi connectivity index (χ0) is 17.3. The van der Waals surface area contributed by atoms with Crippen molar-refractivity contribution in [1.82, 2.24) is 5.32 Å². The van der Waals surface area contributed by atoms with Crippen molar-refractivity contribution in [2.24, 2.45) is 0 Å². The van der Waals surface area contributed by atoms with Gasteiger partial charge in [0.15, 0.2) is 5.78 Å². The van der Waals surface area contributed by atoms with Gasteiger partial charge in [-0.15, -0.1) is 12.4 Å². The van der Waals surface area contributed by atoms with Crippen LogP contribution in [0.5, 0.6) is 0 Å². The van der Waals surface area contributed by atoms with E-state index in [0.29, 0.717) is 12.3 Å². The molecular weight excluding hydrogens is 334 g/mol. The summed E-state index contributed by atoms with van der Waals surface area (Å²) in [6.45, 7) is 2.76. The lowest BCUT2D eigenvalue weighted by atomic mass is 9.65. The predicted octanol–water partition coefficient (Wildman–Crippen LogP) is 4.41. The van der Waals surface area contributed by atoms with Gasteiger partial charge in [-0.1, -0.05) is 75.8 Å². The standard InChI is InChI=1S/C21H33NO2.ClH/c1-2-3-6-13-19(22-16-17-23)20(24)21(14-9-5-10-15-21)18-11-7-4-8-12-18;/h4,7-8,11-12,19,22-23H,2-3,5-6,9-10,13-17H2,1H3;1H. The average molecular weight is 368 g/mol. The van der Waals surface area contributed by atoms with Gasteiger partial charge < -0.3 is 10.4 Å². The summed E-state index contributed by atoms with van der Waals surface area (Å²) in [5.74, 6) is 0.345. The molecule has 3 nitrogen and oxygen atoms in total. The van der Waals surface area contributed by atoms with Crippen molar-refractivity contribution in [3.63, 3.8) is 0 Å². The lowest BCUT2D eigenvalue weighted by molar-refractivity contribution is -0.128. The first-order valence-corrected chi connectivity index (χ1v) is 9.68. The minimum Gasteiger partial charge on any atom is -0.395 e. The molecule has 0 radical (unpaired) electrons. The van der Waals surface area contributed by atoms with Crippen LogP contribution in [0, 0.1) is 0 Å². The van der Waals surface area contributed by atoms with Crippen molar-refractivity contribution in [3.05, 3.63) is 35.9 Å². The molecule has 1 unspecified atom stereocenters. The highest BCUT2D eigenvalue weighted by atomic mass is 35.5. The number of hydrogen-bond donors (Lipinski definition) is 2. The average Bonchev–Trinajstić information content (AvgIpc) is 2.65. The van der Waals surface area contributed by atoms with E-state index in [4.69, 9.17) is 0 Å². The van der Waals surface area contributed by atoms with Gasteiger partial charge >= 0.3 is 0 Å². The SMILES string of the molecule is CCCCCC(NCCO)C(=O)C1(c2ccccc2)CCCCC1.Cl. The van der Waals surface area contributed by atoms with Crippen molar-refractivity contribution < 1.29 is 9.90 Å². The van der Waals surface area contributed by atoms with E-state index in [1.807, 2.05) is 18.2 Å². The van der Waals surface area contributed by atoms with E-state index >= 15 is 0 Å². The first kappa shape index (κ1) is 22.1. The maximum absolute atomic E-state index is 13.6. The molecule has 0 heterocycles. The zero-order valence-electron chi connectivity index (χ0n) is 15.5. The lowest BCUT2D eigenvalue weighted by Gasteiger charge is -2.39. The normalized spacial score (nSPS) is 17.5. The Morgan fingerprint density at radius 2 is 1.84 bits per heavy atom. The van der Waals surface area contributed by atoms with Crippen LogP contribution in [0.1, 0.15) is 70.3 Å². The van der Waals surface area contributed by atoms with E-state index in [0.717, 1.165) is 51.4 Å². The monoisotopic (exact) mass is 367 g/mol. The first-order chi connectivity index (χ1) is 11.7. The van der Waals surface area contributed by atoms with E-state index in [9.17, 15) is 9.90 Å². The van der Waals surface area contributed by atoms with Gasteiger partial charge in [-0.05, 0) is 24.8 Å². The van der Waals surface area contributed by atoms with Crippen LogP contribution in [-0.4, -0.2) is 30.1 Å². The summed E-state index contributed by atoms with van der Waals surface area (Å²) in [5.41, 5.74) is 0.847. The molecule has 1 aliphatic rings. The van der Waals surface area contributed by atoms with E-state index in [2.05, 4.69) is 24.4 Å². The van der Waals surface area contributed by atoms with Gasteiger partial charge in [0, 0.05) is 6.54 Å². The lowest BCUT2D eigenvalue weighted by Crippen LogP contribution is -2.50. The molecule has 2 rings (SSSR count). The number of nitrogens with one attached hydrogen (secondary N) is 1. The Labute approximate surface area is 159 Å². The van der Waals surface area contributed by atoms with Gasteiger partial charge in [-0.2, -0.15) is 0 Å². The van der Waals surface area contributed by atoms with Crippen LogP contribution in [0.2, 0.25) is 0 Å². The van der Waals surface area contributed by atoms with Crippen LogP contribution in [0.25, 0.3) is 0 Å². The van der Waals surface area contributed by atoms with E-state index in [-0.39, 0.29) is 30.5 Å². The Hall–Kier alpha value is -0.900. The quantitative estimate of drug-likeness (QED) is 0.602. The Morgan fingerprint density at radius 1 is 1.16 bits per heavy atom. The minimum atomic E-state index is -0.334. The molecule has 0 amide bonds. The molecule has 1 aliphatic carbocycles. The topological polar surface area (TPSA) is 49.3 Å². The molecule has 0 spiro atoms. The van der Waals surface area contributed by atoms with Gasteiger partial charge in [0.2, 0.25) is 0 Å². The molecule has 1 saturated carbocycles. The molecule has 0 aromatic heterocycles. The summed E-state index contributed by atoms with van der Waals surface area (Å²) in [7, 11) is 0. The van der Waals surface area contributed by atoms with E-state index < -0.39 is 0 Å². The molecule has 1 aromatic carbocycles. The second-order valence-corrected chi connectivity index (χ2v) is 7.10. The smallest absolute Gasteiger partial charge is 0.160 e. The fourth-order valence-electron chi connectivity index (χ4n) is 4.09. The highest BCUT2D eigenvalue weighted by Gasteiger charge is 2.43. The molecule has 2 N–H and O–H groups in total. The Kier molecular flexibility index (Phi) is 10.3. The molecule has 1 fully saturated rings. The number of ketones is 1. The van der Waals surface area contributed by atoms with Crippen LogP contribution >= 0.6 is 12.4 Å². The van der Waals surface area contributed by atoms with Crippen LogP contribution < -0.4 is 5.32 Å². The number of rotatable bonds is 10. The highest BCUT2D eigenvalue weighted by Crippen LogP contribution is 2.41. The van der Waals surface area contributed by atoms with Crippen LogP contribution in [0.3, 0.4) is 0 Å². The van der Waals surface area contributed by atoms with E-state index in [1.54, 1.807) is 0 Å². The molecule has 1 atom stereocenters. The molecule has 0 bridgehead atoms. The molecule has 0 aliphatic heterocycles. The number of aliphatic hydroxyl groups excluding tert-OH is 1. The second-order valence-electron chi connectivity index (χ2n) is 7.10. The fraction of sp³-hybridized carbons (Fsp3) is 0.667. The third-order valence-electron chi connectivity index (χ3n) is 5.42. The summed E-state index contributed by atoms with van der Waals surface area (Å²) in [5, 5.41) is 12.5. The molecule has 4 heteroatoms. The summed E-state index contributed by atoms with van der Waals surface area (Å²) >= 11 is 0. The third kappa shape index (κ3) is 5.80. The summed E-state index contributed by atoms with van der Waals surface area (Å²) in [6, 6.07) is 10.2. The Balaban J connectivity index is 0.00000312. The zero-order valence-corrected chi connectivity index (χ0v) is 16.3. The van der Waals surface area contributed by atoms with Crippen molar-refractivity contribution in [3.8, 4) is 0 Å². The van der Waals surface area contributed by atoms with Crippen molar-refractivity contribution >= 4 is 18.2 Å². The van der Waals surface area contributed by atoms with Crippen molar-refractivity contribution in [2.45, 2.75) is 76.2 Å². The number of Topliss-reactive ketones (excluding diaryl/α,β-unsaturated/α-hetero) is 1. The number of halogens is 1. The maximum Gasteiger partial charge on any atom is 0.160 e. The van der Waals surface area contributed by atoms with Gasteiger partial charge in [-0.3, -0.25) is 4.79 Å². The number of carbonyl (C=O) groups excluding carboxylic acids is 1. The third-order valence-corrected chi connectivity index (χ3v) is 5.42. The van der Waals surface area contributed by atoms with Crippen LogP contribution in [0.4, 0.5) is 0 Å².